The van der Waals surface area contributed by atoms with E-state index in [-0.39, 0.29) is 0 Å². The van der Waals surface area contributed by atoms with Crippen LogP contribution in [0.1, 0.15) is 38.2 Å². The van der Waals surface area contributed by atoms with Crippen LogP contribution >= 0.6 is 0 Å². The van der Waals surface area contributed by atoms with Crippen molar-refractivity contribution in [2.45, 2.75) is 51.1 Å². The van der Waals surface area contributed by atoms with Gasteiger partial charge in [-0.1, -0.05) is 12.1 Å². The highest BCUT2D eigenvalue weighted by atomic mass is 16.3. The Morgan fingerprint density at radius 1 is 1.14 bits per heavy atom. The Balaban J connectivity index is 1.58. The molecule has 1 atom stereocenters. The average Bonchev–Trinajstić information content (AvgIpc) is 3.33. The molecular formula is C18H28N2O. The summed E-state index contributed by atoms with van der Waals surface area (Å²) in [5.74, 6) is 1.23. The van der Waals surface area contributed by atoms with Gasteiger partial charge in [0.25, 0.3) is 0 Å². The van der Waals surface area contributed by atoms with E-state index in [1.165, 1.54) is 50.9 Å². The summed E-state index contributed by atoms with van der Waals surface area (Å²) < 4.78 is 0. The van der Waals surface area contributed by atoms with Crippen LogP contribution in [-0.2, 0) is 6.42 Å². The van der Waals surface area contributed by atoms with Gasteiger partial charge < -0.3 is 10.4 Å². The van der Waals surface area contributed by atoms with Crippen molar-refractivity contribution in [1.82, 2.24) is 10.2 Å². The van der Waals surface area contributed by atoms with Gasteiger partial charge in [0.2, 0.25) is 0 Å². The summed E-state index contributed by atoms with van der Waals surface area (Å²) in [4.78, 5) is 2.75. The SMILES string of the molecule is CC(Cc1ccc(O)cc1)N(CC1CCNCC1)C1CC1. The Morgan fingerprint density at radius 3 is 2.43 bits per heavy atom. The molecule has 1 aromatic rings. The predicted molar refractivity (Wildman–Crippen MR) is 86.6 cm³/mol. The molecule has 1 aliphatic heterocycles. The maximum atomic E-state index is 9.40. The van der Waals surface area contributed by atoms with E-state index >= 15 is 0 Å². The molecule has 3 rings (SSSR count). The molecule has 1 aliphatic carbocycles. The highest BCUT2D eigenvalue weighted by Crippen LogP contribution is 2.31. The fourth-order valence-corrected chi connectivity index (χ4v) is 3.55. The van der Waals surface area contributed by atoms with Gasteiger partial charge >= 0.3 is 0 Å². The van der Waals surface area contributed by atoms with Crippen LogP contribution in [0.3, 0.4) is 0 Å². The van der Waals surface area contributed by atoms with E-state index in [0.29, 0.717) is 11.8 Å². The highest BCUT2D eigenvalue weighted by molar-refractivity contribution is 5.26. The van der Waals surface area contributed by atoms with E-state index in [1.807, 2.05) is 0 Å². The normalized spacial score (nSPS) is 21.6. The van der Waals surface area contributed by atoms with Gasteiger partial charge in [-0.3, -0.25) is 4.90 Å². The van der Waals surface area contributed by atoms with Crippen LogP contribution in [0.4, 0.5) is 0 Å². The third kappa shape index (κ3) is 4.21. The van der Waals surface area contributed by atoms with Crippen LogP contribution < -0.4 is 5.32 Å². The van der Waals surface area contributed by atoms with Gasteiger partial charge in [-0.2, -0.15) is 0 Å². The average molecular weight is 288 g/mol. The number of phenols is 1. The first-order valence-electron chi connectivity index (χ1n) is 8.47. The van der Waals surface area contributed by atoms with Crippen LogP contribution in [0.15, 0.2) is 24.3 Å². The Morgan fingerprint density at radius 2 is 1.81 bits per heavy atom. The standard InChI is InChI=1S/C18H28N2O/c1-14(12-15-2-6-18(21)7-3-15)20(17-4-5-17)13-16-8-10-19-11-9-16/h2-3,6-7,14,16-17,19,21H,4-5,8-13H2,1H3. The summed E-state index contributed by atoms with van der Waals surface area (Å²) in [6.07, 6.45) is 6.50. The lowest BCUT2D eigenvalue weighted by atomic mass is 9.96. The van der Waals surface area contributed by atoms with Crippen molar-refractivity contribution in [3.8, 4) is 5.75 Å². The molecule has 2 aliphatic rings. The molecule has 1 saturated heterocycles. The van der Waals surface area contributed by atoms with Gasteiger partial charge in [0.05, 0.1) is 0 Å². The second-order valence-electron chi connectivity index (χ2n) is 6.84. The topological polar surface area (TPSA) is 35.5 Å². The molecule has 1 saturated carbocycles. The van der Waals surface area contributed by atoms with Gasteiger partial charge in [0, 0.05) is 18.6 Å². The van der Waals surface area contributed by atoms with Crippen LogP contribution in [-0.4, -0.2) is 41.7 Å². The van der Waals surface area contributed by atoms with Gasteiger partial charge in [0.1, 0.15) is 5.75 Å². The van der Waals surface area contributed by atoms with Crippen LogP contribution in [0.5, 0.6) is 5.75 Å². The number of benzene rings is 1. The van der Waals surface area contributed by atoms with Crippen molar-refractivity contribution in [2.24, 2.45) is 5.92 Å². The molecule has 1 aromatic carbocycles. The van der Waals surface area contributed by atoms with E-state index in [0.717, 1.165) is 18.4 Å². The molecule has 2 N–H and O–H groups in total. The number of hydrogen-bond acceptors (Lipinski definition) is 3. The second kappa shape index (κ2) is 6.80. The van der Waals surface area contributed by atoms with E-state index in [2.05, 4.69) is 29.3 Å². The van der Waals surface area contributed by atoms with E-state index in [1.54, 1.807) is 12.1 Å². The summed E-state index contributed by atoms with van der Waals surface area (Å²) in [6.45, 7) is 6.02. The molecule has 2 fully saturated rings. The third-order valence-corrected chi connectivity index (χ3v) is 4.98. The summed E-state index contributed by atoms with van der Waals surface area (Å²) >= 11 is 0. The molecule has 116 valence electrons. The van der Waals surface area contributed by atoms with Gasteiger partial charge in [-0.25, -0.2) is 0 Å². The first-order chi connectivity index (χ1) is 10.2. The minimum Gasteiger partial charge on any atom is -0.508 e. The highest BCUT2D eigenvalue weighted by Gasteiger charge is 2.33. The molecule has 3 heteroatoms. The molecule has 0 aromatic heterocycles. The zero-order valence-corrected chi connectivity index (χ0v) is 13.1. The minimum atomic E-state index is 0.361. The molecule has 1 unspecified atom stereocenters. The number of rotatable bonds is 6. The molecule has 0 spiro atoms. The second-order valence-corrected chi connectivity index (χ2v) is 6.84. The van der Waals surface area contributed by atoms with Crippen molar-refractivity contribution < 1.29 is 5.11 Å². The lowest BCUT2D eigenvalue weighted by molar-refractivity contribution is 0.151. The summed E-state index contributed by atoms with van der Waals surface area (Å²) in [7, 11) is 0. The first-order valence-corrected chi connectivity index (χ1v) is 8.47. The zero-order valence-electron chi connectivity index (χ0n) is 13.1. The molecule has 3 nitrogen and oxygen atoms in total. The molecule has 0 radical (unpaired) electrons. The number of hydrogen-bond donors (Lipinski definition) is 2. The Hall–Kier alpha value is -1.06. The maximum Gasteiger partial charge on any atom is 0.115 e. The van der Waals surface area contributed by atoms with Crippen molar-refractivity contribution in [3.63, 3.8) is 0 Å². The zero-order chi connectivity index (χ0) is 14.7. The van der Waals surface area contributed by atoms with E-state index in [4.69, 9.17) is 0 Å². The quantitative estimate of drug-likeness (QED) is 0.845. The lowest BCUT2D eigenvalue weighted by Gasteiger charge is -2.34. The number of aromatic hydroxyl groups is 1. The number of nitrogens with zero attached hydrogens (tertiary/aromatic N) is 1. The monoisotopic (exact) mass is 288 g/mol. The van der Waals surface area contributed by atoms with Gasteiger partial charge in [0.15, 0.2) is 0 Å². The lowest BCUT2D eigenvalue weighted by Crippen LogP contribution is -2.42. The number of nitrogens with one attached hydrogen (secondary N) is 1. The van der Waals surface area contributed by atoms with Crippen molar-refractivity contribution >= 4 is 0 Å². The van der Waals surface area contributed by atoms with Crippen LogP contribution in [0, 0.1) is 5.92 Å². The van der Waals surface area contributed by atoms with E-state index in [9.17, 15) is 5.11 Å². The first kappa shape index (κ1) is 14.9. The molecular weight excluding hydrogens is 260 g/mol. The van der Waals surface area contributed by atoms with Crippen LogP contribution in [0.2, 0.25) is 0 Å². The Labute approximate surface area is 128 Å². The minimum absolute atomic E-state index is 0.361. The Kier molecular flexibility index (Phi) is 4.81. The maximum absolute atomic E-state index is 9.40. The smallest absolute Gasteiger partial charge is 0.115 e. The molecule has 0 bridgehead atoms. The van der Waals surface area contributed by atoms with Crippen molar-refractivity contribution in [2.75, 3.05) is 19.6 Å². The third-order valence-electron chi connectivity index (χ3n) is 4.98. The molecule has 21 heavy (non-hydrogen) atoms. The van der Waals surface area contributed by atoms with Gasteiger partial charge in [-0.15, -0.1) is 0 Å². The Bertz CT molecular complexity index is 435. The fraction of sp³-hybridized carbons (Fsp3) is 0.667. The summed E-state index contributed by atoms with van der Waals surface area (Å²) in [5.41, 5.74) is 1.33. The largest absolute Gasteiger partial charge is 0.508 e. The molecule has 1 heterocycles. The van der Waals surface area contributed by atoms with Crippen LogP contribution in [0.25, 0.3) is 0 Å². The van der Waals surface area contributed by atoms with E-state index < -0.39 is 0 Å². The van der Waals surface area contributed by atoms with Crippen molar-refractivity contribution in [3.05, 3.63) is 29.8 Å². The van der Waals surface area contributed by atoms with Gasteiger partial charge in [-0.05, 0) is 75.7 Å². The number of piperidine rings is 1. The predicted octanol–water partition coefficient (Wildman–Crippen LogP) is 2.79. The summed E-state index contributed by atoms with van der Waals surface area (Å²) in [5, 5.41) is 12.9. The van der Waals surface area contributed by atoms with Crippen molar-refractivity contribution in [1.29, 1.82) is 0 Å². The summed E-state index contributed by atoms with van der Waals surface area (Å²) in [6, 6.07) is 9.14. The number of phenolic OH excluding ortho intramolecular Hbond substituents is 1. The fourth-order valence-electron chi connectivity index (χ4n) is 3.55. The molecule has 0 amide bonds.